The van der Waals surface area contributed by atoms with Gasteiger partial charge in [-0.3, -0.25) is 9.59 Å². The molecule has 1 N–H and O–H groups in total. The van der Waals surface area contributed by atoms with E-state index in [0.29, 0.717) is 48.4 Å². The Morgan fingerprint density at radius 3 is 2.41 bits per heavy atom. The highest BCUT2D eigenvalue weighted by atomic mass is 19.1. The van der Waals surface area contributed by atoms with E-state index < -0.39 is 0 Å². The van der Waals surface area contributed by atoms with Crippen molar-refractivity contribution in [2.75, 3.05) is 36.4 Å². The number of piperazine rings is 1. The maximum atomic E-state index is 13.4. The fourth-order valence-corrected chi connectivity index (χ4v) is 4.11. The van der Waals surface area contributed by atoms with Crippen molar-refractivity contribution in [2.24, 2.45) is 0 Å². The molecule has 0 bridgehead atoms. The molecule has 7 nitrogen and oxygen atoms in total. The van der Waals surface area contributed by atoms with Gasteiger partial charge >= 0.3 is 0 Å². The standard InChI is InChI=1S/C26H23FN4O3/c27-19-10-8-18(9-11-19)17-23(32)29-24-20-5-1-2-6-21(20)34-25(24)26(33)31-15-13-30(14-16-31)22-7-3-4-12-28-22/h1-12H,13-17H2,(H,29,32). The predicted octanol–water partition coefficient (Wildman–Crippen LogP) is 4.11. The summed E-state index contributed by atoms with van der Waals surface area (Å²) in [6.45, 7) is 2.31. The lowest BCUT2D eigenvalue weighted by Gasteiger charge is -2.35. The second kappa shape index (κ2) is 9.35. The number of hydrogen-bond acceptors (Lipinski definition) is 5. The van der Waals surface area contributed by atoms with E-state index in [1.165, 1.54) is 12.1 Å². The Bertz CT molecular complexity index is 1310. The average molecular weight is 458 g/mol. The van der Waals surface area contributed by atoms with Gasteiger partial charge in [-0.15, -0.1) is 0 Å². The number of hydrogen-bond donors (Lipinski definition) is 1. The van der Waals surface area contributed by atoms with Crippen LogP contribution in [0.5, 0.6) is 0 Å². The van der Waals surface area contributed by atoms with Crippen LogP contribution in [-0.2, 0) is 11.2 Å². The number of fused-ring (bicyclic) bond motifs is 1. The third-order valence-corrected chi connectivity index (χ3v) is 5.87. The Morgan fingerprint density at radius 1 is 0.941 bits per heavy atom. The van der Waals surface area contributed by atoms with Crippen LogP contribution in [0.1, 0.15) is 16.1 Å². The van der Waals surface area contributed by atoms with Crippen LogP contribution in [0.15, 0.2) is 77.3 Å². The summed E-state index contributed by atoms with van der Waals surface area (Å²) in [4.78, 5) is 34.4. The van der Waals surface area contributed by atoms with E-state index in [9.17, 15) is 14.0 Å². The Hall–Kier alpha value is -4.20. The fourth-order valence-electron chi connectivity index (χ4n) is 4.11. The minimum absolute atomic E-state index is 0.0518. The Labute approximate surface area is 195 Å². The minimum atomic E-state index is -0.360. The van der Waals surface area contributed by atoms with Crippen molar-refractivity contribution in [3.8, 4) is 0 Å². The van der Waals surface area contributed by atoms with Crippen molar-refractivity contribution in [2.45, 2.75) is 6.42 Å². The zero-order valence-electron chi connectivity index (χ0n) is 18.4. The molecule has 5 rings (SSSR count). The van der Waals surface area contributed by atoms with Gasteiger partial charge in [0.05, 0.1) is 6.42 Å². The largest absolute Gasteiger partial charge is 0.449 e. The van der Waals surface area contributed by atoms with Crippen LogP contribution in [0.2, 0.25) is 0 Å². The van der Waals surface area contributed by atoms with E-state index in [4.69, 9.17) is 4.42 Å². The van der Waals surface area contributed by atoms with Crippen LogP contribution in [0.25, 0.3) is 11.0 Å². The van der Waals surface area contributed by atoms with Crippen LogP contribution in [-0.4, -0.2) is 47.9 Å². The molecular weight excluding hydrogens is 435 g/mol. The fraction of sp³-hybridized carbons (Fsp3) is 0.192. The predicted molar refractivity (Wildman–Crippen MR) is 127 cm³/mol. The van der Waals surface area contributed by atoms with Crippen molar-refractivity contribution >= 4 is 34.3 Å². The molecule has 2 amide bonds. The van der Waals surface area contributed by atoms with Gasteiger partial charge in [0.2, 0.25) is 11.7 Å². The van der Waals surface area contributed by atoms with Crippen LogP contribution < -0.4 is 10.2 Å². The Balaban J connectivity index is 1.35. The SMILES string of the molecule is O=C(Cc1ccc(F)cc1)Nc1c(C(=O)N2CCN(c3ccccn3)CC2)oc2ccccc12. The highest BCUT2D eigenvalue weighted by Crippen LogP contribution is 2.32. The van der Waals surface area contributed by atoms with E-state index in [0.717, 1.165) is 5.82 Å². The van der Waals surface area contributed by atoms with E-state index in [2.05, 4.69) is 15.2 Å². The highest BCUT2D eigenvalue weighted by Gasteiger charge is 2.29. The lowest BCUT2D eigenvalue weighted by Crippen LogP contribution is -2.49. The molecule has 0 unspecified atom stereocenters. The van der Waals surface area contributed by atoms with E-state index >= 15 is 0 Å². The van der Waals surface area contributed by atoms with Gasteiger partial charge in [-0.2, -0.15) is 0 Å². The van der Waals surface area contributed by atoms with Crippen molar-refractivity contribution in [3.63, 3.8) is 0 Å². The van der Waals surface area contributed by atoms with Gasteiger partial charge in [0.25, 0.3) is 5.91 Å². The number of para-hydroxylation sites is 1. The Kier molecular flexibility index (Phi) is 5.95. The topological polar surface area (TPSA) is 78.7 Å². The number of anilines is 2. The molecule has 1 saturated heterocycles. The first kappa shape index (κ1) is 21.6. The van der Waals surface area contributed by atoms with E-state index in [1.54, 1.807) is 29.3 Å². The molecule has 2 aromatic carbocycles. The molecular formula is C26H23FN4O3. The van der Waals surface area contributed by atoms with Gasteiger partial charge in [0.15, 0.2) is 0 Å². The summed E-state index contributed by atoms with van der Waals surface area (Å²) < 4.78 is 19.1. The molecule has 1 fully saturated rings. The van der Waals surface area contributed by atoms with Gasteiger partial charge in [0, 0.05) is 37.8 Å². The molecule has 1 aliphatic heterocycles. The minimum Gasteiger partial charge on any atom is -0.449 e. The lowest BCUT2D eigenvalue weighted by atomic mass is 10.1. The average Bonchev–Trinajstić information content (AvgIpc) is 3.24. The second-order valence-electron chi connectivity index (χ2n) is 8.12. The summed E-state index contributed by atoms with van der Waals surface area (Å²) in [5.74, 6) is 0.0502. The molecule has 172 valence electrons. The van der Waals surface area contributed by atoms with E-state index in [1.807, 2.05) is 36.4 Å². The number of carbonyl (C=O) groups excluding carboxylic acids is 2. The van der Waals surface area contributed by atoms with Crippen LogP contribution >= 0.6 is 0 Å². The lowest BCUT2D eigenvalue weighted by molar-refractivity contribution is -0.115. The zero-order chi connectivity index (χ0) is 23.5. The molecule has 2 aromatic heterocycles. The number of nitrogens with one attached hydrogen (secondary N) is 1. The quantitative estimate of drug-likeness (QED) is 0.487. The van der Waals surface area contributed by atoms with Crippen LogP contribution in [0.4, 0.5) is 15.9 Å². The van der Waals surface area contributed by atoms with Gasteiger partial charge in [-0.05, 0) is 42.0 Å². The summed E-state index contributed by atoms with van der Waals surface area (Å²) >= 11 is 0. The number of pyridine rings is 1. The van der Waals surface area contributed by atoms with Gasteiger partial charge in [-0.1, -0.05) is 30.3 Å². The summed E-state index contributed by atoms with van der Waals surface area (Å²) in [6, 6.07) is 18.7. The van der Waals surface area contributed by atoms with Crippen molar-refractivity contribution in [1.29, 1.82) is 0 Å². The Morgan fingerprint density at radius 2 is 1.68 bits per heavy atom. The number of aromatic nitrogens is 1. The number of halogens is 1. The molecule has 0 aliphatic carbocycles. The van der Waals surface area contributed by atoms with Gasteiger partial charge in [-0.25, -0.2) is 9.37 Å². The highest BCUT2D eigenvalue weighted by molar-refractivity contribution is 6.11. The summed E-state index contributed by atoms with van der Waals surface area (Å²) in [7, 11) is 0. The molecule has 0 saturated carbocycles. The first-order chi connectivity index (χ1) is 16.6. The van der Waals surface area contributed by atoms with Crippen molar-refractivity contribution in [3.05, 3.63) is 90.1 Å². The van der Waals surface area contributed by atoms with Crippen LogP contribution in [0, 0.1) is 5.82 Å². The van der Waals surface area contributed by atoms with E-state index in [-0.39, 0.29) is 29.8 Å². The molecule has 8 heteroatoms. The van der Waals surface area contributed by atoms with Gasteiger partial charge < -0.3 is 19.5 Å². The molecule has 3 heterocycles. The van der Waals surface area contributed by atoms with Gasteiger partial charge in [0.1, 0.15) is 22.9 Å². The number of furan rings is 1. The second-order valence-corrected chi connectivity index (χ2v) is 8.12. The number of benzene rings is 2. The van der Waals surface area contributed by atoms with Crippen molar-refractivity contribution in [1.82, 2.24) is 9.88 Å². The molecule has 0 atom stereocenters. The number of rotatable bonds is 5. The molecule has 0 radical (unpaired) electrons. The molecule has 4 aromatic rings. The number of nitrogens with zero attached hydrogens (tertiary/aromatic N) is 3. The summed E-state index contributed by atoms with van der Waals surface area (Å²) in [6.07, 6.45) is 1.80. The monoisotopic (exact) mass is 458 g/mol. The van der Waals surface area contributed by atoms with Crippen LogP contribution in [0.3, 0.4) is 0 Å². The summed E-state index contributed by atoms with van der Waals surface area (Å²) in [5, 5.41) is 3.51. The third-order valence-electron chi connectivity index (χ3n) is 5.87. The molecule has 0 spiro atoms. The number of amides is 2. The third kappa shape index (κ3) is 4.47. The maximum Gasteiger partial charge on any atom is 0.291 e. The smallest absolute Gasteiger partial charge is 0.291 e. The van der Waals surface area contributed by atoms with Crippen molar-refractivity contribution < 1.29 is 18.4 Å². The number of carbonyl (C=O) groups is 2. The first-order valence-corrected chi connectivity index (χ1v) is 11.1. The normalized spacial score (nSPS) is 13.8. The molecule has 34 heavy (non-hydrogen) atoms. The zero-order valence-corrected chi connectivity index (χ0v) is 18.4. The summed E-state index contributed by atoms with van der Waals surface area (Å²) in [5.41, 5.74) is 1.56. The maximum absolute atomic E-state index is 13.4. The molecule has 1 aliphatic rings. The first-order valence-electron chi connectivity index (χ1n) is 11.1.